The Morgan fingerprint density at radius 1 is 1.27 bits per heavy atom. The Kier molecular flexibility index (Phi) is 10.3. The van der Waals surface area contributed by atoms with Gasteiger partial charge >= 0.3 is 7.82 Å². The fourth-order valence-electron chi connectivity index (χ4n) is 2.32. The van der Waals surface area contributed by atoms with Crippen LogP contribution in [0.15, 0.2) is 17.4 Å². The maximum atomic E-state index is 11.6. The molecule has 16 heteroatoms. The van der Waals surface area contributed by atoms with Crippen LogP contribution in [0.4, 0.5) is 0 Å². The number of aliphatic hydroxyl groups excluding tert-OH is 2. The summed E-state index contributed by atoms with van der Waals surface area (Å²) in [6.07, 6.45) is -2.85. The largest absolute Gasteiger partial charge is 0.469 e. The second kappa shape index (κ2) is 10.2. The molecule has 1 aliphatic rings. The van der Waals surface area contributed by atoms with Crippen molar-refractivity contribution in [3.05, 3.63) is 23.0 Å². The Morgan fingerprint density at radius 3 is 2.54 bits per heavy atom. The molecule has 1 fully saturated rings. The van der Waals surface area contributed by atoms with Crippen molar-refractivity contribution in [3.63, 3.8) is 0 Å². The third kappa shape index (κ3) is 5.43. The number of imidazole rings is 1. The first-order valence-electron chi connectivity index (χ1n) is 6.40. The maximum Gasteiger partial charge on any atom is 0.469 e. The van der Waals surface area contributed by atoms with Crippen molar-refractivity contribution in [2.24, 2.45) is 0 Å². The second-order valence-electron chi connectivity index (χ2n) is 4.89. The minimum atomic E-state index is -4.74. The van der Waals surface area contributed by atoms with Crippen molar-refractivity contribution >= 4 is 78.1 Å². The molecule has 2 aromatic heterocycles. The van der Waals surface area contributed by atoms with E-state index >= 15 is 0 Å². The van der Waals surface area contributed by atoms with Gasteiger partial charge in [0, 0.05) is 59.1 Å². The van der Waals surface area contributed by atoms with Crippen molar-refractivity contribution in [1.82, 2.24) is 19.5 Å². The van der Waals surface area contributed by atoms with Crippen LogP contribution in [-0.4, -0.2) is 129 Å². The summed E-state index contributed by atoms with van der Waals surface area (Å²) in [4.78, 5) is 39.1. The topological polar surface area (TPSA) is 212 Å². The first-order chi connectivity index (χ1) is 10.8. The number of H-pyrrole nitrogens is 1. The SMILES string of the molecule is O.O=c1[nH]cnc2c1ncn2[C@@H]1O[C@H](COP(=O)(O)O)[C@@H](O)[C@H]1O.[Na].[Na]. The summed E-state index contributed by atoms with van der Waals surface area (Å²) in [6, 6.07) is 0. The van der Waals surface area contributed by atoms with E-state index in [4.69, 9.17) is 14.5 Å². The average molecular weight is 412 g/mol. The summed E-state index contributed by atoms with van der Waals surface area (Å²) in [5.74, 6) is 0. The first-order valence-corrected chi connectivity index (χ1v) is 7.93. The van der Waals surface area contributed by atoms with E-state index in [1.165, 1.54) is 10.9 Å². The Bertz CT molecular complexity index is 826. The van der Waals surface area contributed by atoms with Gasteiger partial charge in [0.1, 0.15) is 18.3 Å². The fraction of sp³-hybridized carbons (Fsp3) is 0.500. The number of nitrogens with one attached hydrogen (secondary N) is 1. The molecular formula is C10H15N4Na2O9P. The molecule has 0 aliphatic carbocycles. The smallest absolute Gasteiger partial charge is 0.412 e. The number of phosphoric ester groups is 1. The van der Waals surface area contributed by atoms with Gasteiger partial charge < -0.3 is 35.2 Å². The molecule has 2 aromatic rings. The molecule has 3 heterocycles. The number of aliphatic hydroxyl groups is 2. The Balaban J connectivity index is 0.00000208. The van der Waals surface area contributed by atoms with E-state index in [0.717, 1.165) is 6.33 Å². The zero-order chi connectivity index (χ0) is 16.8. The predicted molar refractivity (Wildman–Crippen MR) is 87.2 cm³/mol. The third-order valence-corrected chi connectivity index (χ3v) is 3.87. The Hall–Kier alpha value is 0.300. The van der Waals surface area contributed by atoms with E-state index in [0.29, 0.717) is 0 Å². The summed E-state index contributed by atoms with van der Waals surface area (Å²) >= 11 is 0. The molecule has 13 nitrogen and oxygen atoms in total. The van der Waals surface area contributed by atoms with Gasteiger partial charge in [-0.15, -0.1) is 0 Å². The number of rotatable bonds is 4. The first kappa shape index (κ1) is 26.3. The predicted octanol–water partition coefficient (Wildman–Crippen LogP) is -3.74. The summed E-state index contributed by atoms with van der Waals surface area (Å²) in [5, 5.41) is 20.0. The number of hydrogen-bond acceptors (Lipinski definition) is 8. The summed E-state index contributed by atoms with van der Waals surface area (Å²) in [6.45, 7) is -0.625. The van der Waals surface area contributed by atoms with E-state index in [1.54, 1.807) is 0 Å². The Morgan fingerprint density at radius 2 is 1.92 bits per heavy atom. The van der Waals surface area contributed by atoms with Gasteiger partial charge in [0.2, 0.25) is 0 Å². The minimum Gasteiger partial charge on any atom is -0.412 e. The summed E-state index contributed by atoms with van der Waals surface area (Å²) in [5.41, 5.74) is -0.336. The van der Waals surface area contributed by atoms with E-state index in [2.05, 4.69) is 19.5 Å². The molecule has 7 N–H and O–H groups in total. The number of fused-ring (bicyclic) bond motifs is 1. The number of ether oxygens (including phenoxy) is 1. The molecule has 2 radical (unpaired) electrons. The van der Waals surface area contributed by atoms with Gasteiger partial charge in [-0.2, -0.15) is 0 Å². The molecule has 0 spiro atoms. The number of nitrogens with zero attached hydrogens (tertiary/aromatic N) is 3. The quantitative estimate of drug-likeness (QED) is 0.244. The van der Waals surface area contributed by atoms with Crippen molar-refractivity contribution in [3.8, 4) is 0 Å². The normalized spacial score (nSPS) is 25.2. The molecule has 1 saturated heterocycles. The van der Waals surface area contributed by atoms with Crippen molar-refractivity contribution in [2.45, 2.75) is 24.5 Å². The zero-order valence-electron chi connectivity index (χ0n) is 13.9. The van der Waals surface area contributed by atoms with Gasteiger partial charge in [0.25, 0.3) is 5.56 Å². The molecule has 1 aliphatic heterocycles. The van der Waals surface area contributed by atoms with Gasteiger partial charge in [-0.3, -0.25) is 13.9 Å². The van der Waals surface area contributed by atoms with Crippen LogP contribution in [0.5, 0.6) is 0 Å². The van der Waals surface area contributed by atoms with Crippen LogP contribution >= 0.6 is 7.82 Å². The van der Waals surface area contributed by atoms with Crippen molar-refractivity contribution in [1.29, 1.82) is 0 Å². The van der Waals surface area contributed by atoms with Gasteiger partial charge in [0.05, 0.1) is 19.3 Å². The molecule has 4 atom stereocenters. The van der Waals surface area contributed by atoms with Crippen molar-refractivity contribution < 1.29 is 39.3 Å². The van der Waals surface area contributed by atoms with E-state index in [9.17, 15) is 19.6 Å². The fourth-order valence-corrected chi connectivity index (χ4v) is 2.66. The standard InChI is InChI=1S/C10H13N4O8P.2Na.H2O/c15-6-4(1-21-23(18,19)20)22-10(7(6)16)14-3-13-5-8(14)11-2-12-9(5)17;;;/h2-4,6-7,10,15-16H,1H2,(H,11,12,17)(H2,18,19,20);;;1H2/t4-,6-,7-,10-;;;/m1.../s1. The van der Waals surface area contributed by atoms with E-state index in [-0.39, 0.29) is 75.8 Å². The van der Waals surface area contributed by atoms with E-state index < -0.39 is 44.5 Å². The van der Waals surface area contributed by atoms with Crippen LogP contribution in [0.1, 0.15) is 6.23 Å². The number of aromatic amines is 1. The molecule has 0 bridgehead atoms. The second-order valence-corrected chi connectivity index (χ2v) is 6.13. The molecule has 136 valence electrons. The maximum absolute atomic E-state index is 11.6. The van der Waals surface area contributed by atoms with Crippen LogP contribution in [0.3, 0.4) is 0 Å². The van der Waals surface area contributed by atoms with Crippen LogP contribution in [0.2, 0.25) is 0 Å². The molecule has 0 saturated carbocycles. The number of hydrogen-bond donors (Lipinski definition) is 5. The van der Waals surface area contributed by atoms with Gasteiger partial charge in [-0.25, -0.2) is 14.5 Å². The zero-order valence-corrected chi connectivity index (χ0v) is 18.8. The van der Waals surface area contributed by atoms with Gasteiger partial charge in [-0.05, 0) is 0 Å². The molecular weight excluding hydrogens is 397 g/mol. The van der Waals surface area contributed by atoms with Crippen LogP contribution in [-0.2, 0) is 13.8 Å². The minimum absolute atomic E-state index is 0. The summed E-state index contributed by atoms with van der Waals surface area (Å²) < 4.78 is 21.6. The summed E-state index contributed by atoms with van der Waals surface area (Å²) in [7, 11) is -4.74. The van der Waals surface area contributed by atoms with E-state index in [1.807, 2.05) is 0 Å². The molecule has 0 amide bonds. The number of aromatic nitrogens is 4. The van der Waals surface area contributed by atoms with Crippen LogP contribution in [0.25, 0.3) is 11.2 Å². The van der Waals surface area contributed by atoms with Gasteiger partial charge in [-0.1, -0.05) is 0 Å². The monoisotopic (exact) mass is 412 g/mol. The molecule has 26 heavy (non-hydrogen) atoms. The molecule has 3 rings (SSSR count). The molecule has 0 unspecified atom stereocenters. The van der Waals surface area contributed by atoms with Gasteiger partial charge in [0.15, 0.2) is 17.4 Å². The number of phosphoric acid groups is 1. The van der Waals surface area contributed by atoms with Crippen molar-refractivity contribution in [2.75, 3.05) is 6.61 Å². The third-order valence-electron chi connectivity index (χ3n) is 3.38. The van der Waals surface area contributed by atoms with Crippen LogP contribution in [0, 0.1) is 0 Å². The average Bonchev–Trinajstić information content (AvgIpc) is 3.01. The van der Waals surface area contributed by atoms with Crippen LogP contribution < -0.4 is 5.56 Å². The Labute approximate surface area is 189 Å². The molecule has 0 aromatic carbocycles.